The van der Waals surface area contributed by atoms with Crippen molar-refractivity contribution in [1.82, 2.24) is 9.78 Å². The van der Waals surface area contributed by atoms with E-state index in [0.717, 1.165) is 11.3 Å². The fraction of sp³-hybridized carbons (Fsp3) is 0.200. The summed E-state index contributed by atoms with van der Waals surface area (Å²) in [5, 5.41) is 12.9. The van der Waals surface area contributed by atoms with E-state index < -0.39 is 5.97 Å². The van der Waals surface area contributed by atoms with Crippen molar-refractivity contribution < 1.29 is 14.3 Å². The summed E-state index contributed by atoms with van der Waals surface area (Å²) in [4.78, 5) is 10.6. The predicted octanol–water partition coefficient (Wildman–Crippen LogP) is 1.69. The van der Waals surface area contributed by atoms with Gasteiger partial charge < -0.3 is 9.52 Å². The second-order valence-electron chi connectivity index (χ2n) is 3.27. The number of carboxylic acids is 1. The van der Waals surface area contributed by atoms with Gasteiger partial charge >= 0.3 is 5.97 Å². The van der Waals surface area contributed by atoms with Gasteiger partial charge in [0.05, 0.1) is 11.3 Å². The molecule has 0 saturated heterocycles. The molecule has 0 saturated carbocycles. The molecule has 0 amide bonds. The Morgan fingerprint density at radius 3 is 2.73 bits per heavy atom. The lowest BCUT2D eigenvalue weighted by Crippen LogP contribution is -1.91. The summed E-state index contributed by atoms with van der Waals surface area (Å²) in [5.41, 5.74) is 1.62. The first-order valence-corrected chi connectivity index (χ1v) is 4.41. The molecule has 78 valence electrons. The minimum atomic E-state index is -1.07. The zero-order valence-electron chi connectivity index (χ0n) is 8.39. The van der Waals surface area contributed by atoms with Crippen molar-refractivity contribution in [3.05, 3.63) is 29.8 Å². The molecule has 0 spiro atoms. The van der Waals surface area contributed by atoms with Gasteiger partial charge in [-0.25, -0.2) is 4.79 Å². The highest BCUT2D eigenvalue weighted by atomic mass is 16.4. The van der Waals surface area contributed by atoms with Crippen LogP contribution in [0.15, 0.2) is 22.7 Å². The number of carbonyl (C=O) groups is 1. The minimum Gasteiger partial charge on any atom is -0.475 e. The van der Waals surface area contributed by atoms with Crippen LogP contribution in [0.1, 0.15) is 16.2 Å². The highest BCUT2D eigenvalue weighted by Gasteiger charge is 2.13. The monoisotopic (exact) mass is 206 g/mol. The lowest BCUT2D eigenvalue weighted by Gasteiger charge is -1.91. The van der Waals surface area contributed by atoms with E-state index in [4.69, 9.17) is 9.52 Å². The molecular weight excluding hydrogens is 196 g/mol. The van der Waals surface area contributed by atoms with Gasteiger partial charge in [-0.2, -0.15) is 5.10 Å². The summed E-state index contributed by atoms with van der Waals surface area (Å²) in [6.07, 6.45) is 1.79. The molecular formula is C10H10N2O3. The molecule has 0 aromatic carbocycles. The maximum atomic E-state index is 10.6. The molecule has 0 unspecified atom stereocenters. The topological polar surface area (TPSA) is 68.3 Å². The lowest BCUT2D eigenvalue weighted by molar-refractivity contribution is 0.0663. The molecule has 5 heteroatoms. The fourth-order valence-corrected chi connectivity index (χ4v) is 1.44. The van der Waals surface area contributed by atoms with Crippen LogP contribution >= 0.6 is 0 Å². The standard InChI is InChI=1S/C10H10N2O3/c1-6-7(5-12(2)11-6)8-3-4-9(15-8)10(13)14/h3-5H,1-2H3,(H,13,14). The summed E-state index contributed by atoms with van der Waals surface area (Å²) in [6, 6.07) is 3.07. The number of aromatic carboxylic acids is 1. The molecule has 0 atom stereocenters. The van der Waals surface area contributed by atoms with Crippen molar-refractivity contribution in [2.45, 2.75) is 6.92 Å². The largest absolute Gasteiger partial charge is 0.475 e. The fourth-order valence-electron chi connectivity index (χ4n) is 1.44. The highest BCUT2D eigenvalue weighted by molar-refractivity contribution is 5.85. The van der Waals surface area contributed by atoms with E-state index in [9.17, 15) is 4.79 Å². The number of furan rings is 1. The minimum absolute atomic E-state index is 0.0618. The van der Waals surface area contributed by atoms with Crippen LogP contribution in [-0.4, -0.2) is 20.9 Å². The summed E-state index contributed by atoms with van der Waals surface area (Å²) in [5.74, 6) is -0.603. The number of nitrogens with zero attached hydrogens (tertiary/aromatic N) is 2. The molecule has 0 aliphatic heterocycles. The molecule has 1 N–H and O–H groups in total. The predicted molar refractivity (Wildman–Crippen MR) is 52.6 cm³/mol. The molecule has 2 rings (SSSR count). The number of carboxylic acid groups (broad SMARTS) is 1. The molecule has 0 fully saturated rings. The molecule has 5 nitrogen and oxygen atoms in total. The van der Waals surface area contributed by atoms with Gasteiger partial charge in [-0.05, 0) is 19.1 Å². The number of hydrogen-bond acceptors (Lipinski definition) is 3. The first-order chi connectivity index (χ1) is 7.08. The van der Waals surface area contributed by atoms with E-state index in [1.54, 1.807) is 24.0 Å². The van der Waals surface area contributed by atoms with Gasteiger partial charge in [-0.3, -0.25) is 4.68 Å². The van der Waals surface area contributed by atoms with Crippen LogP contribution in [0.4, 0.5) is 0 Å². The van der Waals surface area contributed by atoms with E-state index in [2.05, 4.69) is 5.10 Å². The van der Waals surface area contributed by atoms with Crippen molar-refractivity contribution in [3.63, 3.8) is 0 Å². The third kappa shape index (κ3) is 1.63. The van der Waals surface area contributed by atoms with E-state index in [-0.39, 0.29) is 5.76 Å². The molecule has 0 bridgehead atoms. The maximum absolute atomic E-state index is 10.6. The zero-order chi connectivity index (χ0) is 11.0. The second-order valence-corrected chi connectivity index (χ2v) is 3.27. The van der Waals surface area contributed by atoms with Crippen LogP contribution in [0.5, 0.6) is 0 Å². The molecule has 2 heterocycles. The van der Waals surface area contributed by atoms with Crippen LogP contribution in [0.2, 0.25) is 0 Å². The number of rotatable bonds is 2. The van der Waals surface area contributed by atoms with Crippen molar-refractivity contribution in [3.8, 4) is 11.3 Å². The second kappa shape index (κ2) is 3.27. The SMILES string of the molecule is Cc1nn(C)cc1-c1ccc(C(=O)O)o1. The third-order valence-electron chi connectivity index (χ3n) is 2.10. The average Bonchev–Trinajstić information content (AvgIpc) is 2.71. The number of aromatic nitrogens is 2. The smallest absolute Gasteiger partial charge is 0.371 e. The molecule has 2 aromatic rings. The molecule has 15 heavy (non-hydrogen) atoms. The van der Waals surface area contributed by atoms with Gasteiger partial charge in [0.1, 0.15) is 5.76 Å². The Hall–Kier alpha value is -2.04. The van der Waals surface area contributed by atoms with Crippen molar-refractivity contribution in [1.29, 1.82) is 0 Å². The highest BCUT2D eigenvalue weighted by Crippen LogP contribution is 2.24. The van der Waals surface area contributed by atoms with Gasteiger partial charge in [0.15, 0.2) is 0 Å². The number of hydrogen-bond donors (Lipinski definition) is 1. The van der Waals surface area contributed by atoms with E-state index in [1.807, 2.05) is 6.92 Å². The first-order valence-electron chi connectivity index (χ1n) is 4.41. The van der Waals surface area contributed by atoms with Crippen LogP contribution in [0.3, 0.4) is 0 Å². The Labute approximate surface area is 85.9 Å². The first kappa shape index (κ1) is 9.51. The number of aryl methyl sites for hydroxylation is 2. The van der Waals surface area contributed by atoms with Gasteiger partial charge in [0, 0.05) is 13.2 Å². The quantitative estimate of drug-likeness (QED) is 0.811. The normalized spacial score (nSPS) is 10.5. The maximum Gasteiger partial charge on any atom is 0.371 e. The summed E-state index contributed by atoms with van der Waals surface area (Å²) < 4.78 is 6.83. The van der Waals surface area contributed by atoms with Crippen LogP contribution in [0, 0.1) is 6.92 Å². The Kier molecular flexibility index (Phi) is 2.07. The van der Waals surface area contributed by atoms with Gasteiger partial charge in [0.25, 0.3) is 0 Å². The van der Waals surface area contributed by atoms with E-state index in [1.165, 1.54) is 6.07 Å². The molecule has 0 aliphatic carbocycles. The van der Waals surface area contributed by atoms with Gasteiger partial charge in [0.2, 0.25) is 5.76 Å². The lowest BCUT2D eigenvalue weighted by atomic mass is 10.2. The summed E-state index contributed by atoms with van der Waals surface area (Å²) >= 11 is 0. The Morgan fingerprint density at radius 1 is 1.53 bits per heavy atom. The molecule has 0 aliphatic rings. The Balaban J connectivity index is 2.45. The van der Waals surface area contributed by atoms with E-state index >= 15 is 0 Å². The Morgan fingerprint density at radius 2 is 2.27 bits per heavy atom. The van der Waals surface area contributed by atoms with E-state index in [0.29, 0.717) is 5.76 Å². The van der Waals surface area contributed by atoms with Crippen LogP contribution in [-0.2, 0) is 7.05 Å². The molecule has 0 radical (unpaired) electrons. The van der Waals surface area contributed by atoms with Crippen molar-refractivity contribution in [2.24, 2.45) is 7.05 Å². The Bertz CT molecular complexity index is 510. The molecule has 2 aromatic heterocycles. The zero-order valence-corrected chi connectivity index (χ0v) is 8.39. The average molecular weight is 206 g/mol. The van der Waals surface area contributed by atoms with Crippen LogP contribution < -0.4 is 0 Å². The summed E-state index contributed by atoms with van der Waals surface area (Å²) in [6.45, 7) is 1.85. The van der Waals surface area contributed by atoms with Crippen molar-refractivity contribution >= 4 is 5.97 Å². The van der Waals surface area contributed by atoms with Gasteiger partial charge in [-0.1, -0.05) is 0 Å². The van der Waals surface area contributed by atoms with Crippen LogP contribution in [0.25, 0.3) is 11.3 Å². The summed E-state index contributed by atoms with van der Waals surface area (Å²) in [7, 11) is 1.80. The third-order valence-corrected chi connectivity index (χ3v) is 2.10. The van der Waals surface area contributed by atoms with Crippen molar-refractivity contribution in [2.75, 3.05) is 0 Å². The van der Waals surface area contributed by atoms with Gasteiger partial charge in [-0.15, -0.1) is 0 Å².